The van der Waals surface area contributed by atoms with E-state index in [0.717, 1.165) is 25.7 Å². The van der Waals surface area contributed by atoms with Gasteiger partial charge in [0, 0.05) is 6.04 Å². The van der Waals surface area contributed by atoms with E-state index in [4.69, 9.17) is 0 Å². The fourth-order valence-corrected chi connectivity index (χ4v) is 2.34. The summed E-state index contributed by atoms with van der Waals surface area (Å²) in [6.07, 6.45) is 4.31. The van der Waals surface area contributed by atoms with Gasteiger partial charge in [-0.1, -0.05) is 20.3 Å². The van der Waals surface area contributed by atoms with Crippen molar-refractivity contribution in [1.82, 2.24) is 10.6 Å². The number of amides is 2. The van der Waals surface area contributed by atoms with Crippen LogP contribution in [0.3, 0.4) is 0 Å². The second kappa shape index (κ2) is 6.41. The van der Waals surface area contributed by atoms with Gasteiger partial charge in [0.1, 0.15) is 0 Å². The maximum absolute atomic E-state index is 11.9. The molecular formula is C14H28N2O2. The molecule has 0 aromatic carbocycles. The number of aliphatic hydroxyl groups excluding tert-OH is 1. The highest BCUT2D eigenvalue weighted by molar-refractivity contribution is 5.75. The Bertz CT molecular complexity index is 279. The van der Waals surface area contributed by atoms with Crippen molar-refractivity contribution < 1.29 is 9.90 Å². The largest absolute Gasteiger partial charge is 0.394 e. The summed E-state index contributed by atoms with van der Waals surface area (Å²) in [4.78, 5) is 11.9. The van der Waals surface area contributed by atoms with Gasteiger partial charge in [0.25, 0.3) is 0 Å². The number of hydrogen-bond acceptors (Lipinski definition) is 2. The highest BCUT2D eigenvalue weighted by Crippen LogP contribution is 2.39. The first-order valence-corrected chi connectivity index (χ1v) is 7.10. The topological polar surface area (TPSA) is 61.4 Å². The van der Waals surface area contributed by atoms with E-state index in [0.29, 0.717) is 11.8 Å². The summed E-state index contributed by atoms with van der Waals surface area (Å²) in [5.74, 6) is 1.05. The van der Waals surface area contributed by atoms with Gasteiger partial charge < -0.3 is 15.7 Å². The van der Waals surface area contributed by atoms with E-state index >= 15 is 0 Å². The number of rotatable bonds is 7. The molecule has 0 bridgehead atoms. The lowest BCUT2D eigenvalue weighted by Crippen LogP contribution is -2.55. The summed E-state index contributed by atoms with van der Waals surface area (Å²) in [5, 5.41) is 15.3. The first-order valence-electron chi connectivity index (χ1n) is 7.10. The van der Waals surface area contributed by atoms with Crippen molar-refractivity contribution in [1.29, 1.82) is 0 Å². The summed E-state index contributed by atoms with van der Waals surface area (Å²) in [7, 11) is 0. The van der Waals surface area contributed by atoms with Gasteiger partial charge in [0.15, 0.2) is 0 Å². The minimum atomic E-state index is -0.458. The van der Waals surface area contributed by atoms with Crippen molar-refractivity contribution in [2.45, 2.75) is 65.0 Å². The van der Waals surface area contributed by atoms with E-state index in [1.807, 2.05) is 13.8 Å². The summed E-state index contributed by atoms with van der Waals surface area (Å²) < 4.78 is 0. The normalized spacial score (nSPS) is 21.8. The number of nitrogens with one attached hydrogen (secondary N) is 2. The maximum Gasteiger partial charge on any atom is 0.315 e. The van der Waals surface area contributed by atoms with Gasteiger partial charge in [0.05, 0.1) is 12.1 Å². The van der Waals surface area contributed by atoms with Gasteiger partial charge >= 0.3 is 6.03 Å². The van der Waals surface area contributed by atoms with E-state index in [1.165, 1.54) is 0 Å². The SMILES string of the molecule is CCC(C)CC(C)NC(=O)NC(C)(CO)C1CC1. The van der Waals surface area contributed by atoms with Crippen molar-refractivity contribution in [2.75, 3.05) is 6.61 Å². The Labute approximate surface area is 111 Å². The van der Waals surface area contributed by atoms with Gasteiger partial charge in [-0.25, -0.2) is 4.79 Å². The van der Waals surface area contributed by atoms with Crippen LogP contribution in [0.2, 0.25) is 0 Å². The van der Waals surface area contributed by atoms with Gasteiger partial charge in [-0.05, 0) is 44.9 Å². The van der Waals surface area contributed by atoms with Gasteiger partial charge in [-0.3, -0.25) is 0 Å². The monoisotopic (exact) mass is 256 g/mol. The predicted molar refractivity (Wildman–Crippen MR) is 73.4 cm³/mol. The average Bonchev–Trinajstić information content (AvgIpc) is 3.12. The van der Waals surface area contributed by atoms with E-state index in [-0.39, 0.29) is 18.7 Å². The summed E-state index contributed by atoms with van der Waals surface area (Å²) in [6, 6.07) is 0.0105. The third kappa shape index (κ3) is 4.48. The lowest BCUT2D eigenvalue weighted by Gasteiger charge is -2.30. The second-order valence-electron chi connectivity index (χ2n) is 6.10. The van der Waals surface area contributed by atoms with Crippen molar-refractivity contribution in [2.24, 2.45) is 11.8 Å². The molecular weight excluding hydrogens is 228 g/mol. The molecule has 0 heterocycles. The van der Waals surface area contributed by atoms with Gasteiger partial charge in [-0.2, -0.15) is 0 Å². The van der Waals surface area contributed by atoms with Crippen LogP contribution in [0.25, 0.3) is 0 Å². The molecule has 0 radical (unpaired) electrons. The molecule has 1 aliphatic rings. The molecule has 1 saturated carbocycles. The zero-order chi connectivity index (χ0) is 13.8. The standard InChI is InChI=1S/C14H28N2O2/c1-5-10(2)8-11(3)15-13(18)16-14(4,9-17)12-6-7-12/h10-12,17H,5-9H2,1-4H3,(H2,15,16,18). The minimum Gasteiger partial charge on any atom is -0.394 e. The first kappa shape index (κ1) is 15.3. The Balaban J connectivity index is 2.36. The van der Waals surface area contributed by atoms with Gasteiger partial charge in [-0.15, -0.1) is 0 Å². The average molecular weight is 256 g/mol. The molecule has 3 atom stereocenters. The lowest BCUT2D eigenvalue weighted by atomic mass is 9.97. The number of aliphatic hydroxyl groups is 1. The third-order valence-corrected chi connectivity index (χ3v) is 4.04. The molecule has 3 N–H and O–H groups in total. The van der Waals surface area contributed by atoms with Crippen LogP contribution in [-0.2, 0) is 0 Å². The van der Waals surface area contributed by atoms with Crippen molar-refractivity contribution in [3.8, 4) is 0 Å². The summed E-state index contributed by atoms with van der Waals surface area (Å²) in [5.41, 5.74) is -0.458. The van der Waals surface area contributed by atoms with Crippen molar-refractivity contribution in [3.05, 3.63) is 0 Å². The Hall–Kier alpha value is -0.770. The molecule has 3 unspecified atom stereocenters. The smallest absolute Gasteiger partial charge is 0.315 e. The minimum absolute atomic E-state index is 0.00479. The molecule has 106 valence electrons. The van der Waals surface area contributed by atoms with Crippen LogP contribution < -0.4 is 10.6 Å². The highest BCUT2D eigenvalue weighted by Gasteiger charge is 2.42. The molecule has 0 saturated heterocycles. The second-order valence-corrected chi connectivity index (χ2v) is 6.10. The fraction of sp³-hybridized carbons (Fsp3) is 0.929. The molecule has 4 nitrogen and oxygen atoms in total. The molecule has 0 aromatic rings. The van der Waals surface area contributed by atoms with Crippen LogP contribution in [0.5, 0.6) is 0 Å². The zero-order valence-electron chi connectivity index (χ0n) is 12.1. The van der Waals surface area contributed by atoms with E-state index in [2.05, 4.69) is 24.5 Å². The van der Waals surface area contributed by atoms with Crippen LogP contribution in [0.1, 0.15) is 53.4 Å². The van der Waals surface area contributed by atoms with Crippen LogP contribution in [-0.4, -0.2) is 29.3 Å². The molecule has 1 rings (SSSR count). The van der Waals surface area contributed by atoms with Crippen LogP contribution in [0.4, 0.5) is 4.79 Å². The van der Waals surface area contributed by atoms with Crippen LogP contribution in [0.15, 0.2) is 0 Å². The lowest BCUT2D eigenvalue weighted by molar-refractivity contribution is 0.154. The molecule has 1 fully saturated rings. The zero-order valence-corrected chi connectivity index (χ0v) is 12.1. The van der Waals surface area contributed by atoms with Crippen molar-refractivity contribution >= 4 is 6.03 Å². The third-order valence-electron chi connectivity index (χ3n) is 4.04. The Morgan fingerprint density at radius 2 is 2.06 bits per heavy atom. The Morgan fingerprint density at radius 3 is 2.50 bits per heavy atom. The number of carbonyl (C=O) groups excluding carboxylic acids is 1. The summed E-state index contributed by atoms with van der Waals surface area (Å²) in [6.45, 7) is 8.30. The van der Waals surface area contributed by atoms with Crippen molar-refractivity contribution in [3.63, 3.8) is 0 Å². The molecule has 0 aliphatic heterocycles. The number of hydrogen-bond donors (Lipinski definition) is 3. The van der Waals surface area contributed by atoms with Gasteiger partial charge in [0.2, 0.25) is 0 Å². The molecule has 1 aliphatic carbocycles. The number of carbonyl (C=O) groups is 1. The number of urea groups is 1. The first-order chi connectivity index (χ1) is 8.41. The Kier molecular flexibility index (Phi) is 5.45. The van der Waals surface area contributed by atoms with E-state index in [1.54, 1.807) is 0 Å². The molecule has 4 heteroatoms. The maximum atomic E-state index is 11.9. The quantitative estimate of drug-likeness (QED) is 0.654. The molecule has 0 aromatic heterocycles. The summed E-state index contributed by atoms with van der Waals surface area (Å²) >= 11 is 0. The fourth-order valence-electron chi connectivity index (χ4n) is 2.34. The predicted octanol–water partition coefficient (Wildman–Crippen LogP) is 2.27. The molecule has 18 heavy (non-hydrogen) atoms. The van der Waals surface area contributed by atoms with Crippen LogP contribution in [0, 0.1) is 11.8 Å². The van der Waals surface area contributed by atoms with E-state index in [9.17, 15) is 9.90 Å². The highest BCUT2D eigenvalue weighted by atomic mass is 16.3. The Morgan fingerprint density at radius 1 is 1.44 bits per heavy atom. The molecule has 2 amide bonds. The van der Waals surface area contributed by atoms with Crippen LogP contribution >= 0.6 is 0 Å². The van der Waals surface area contributed by atoms with E-state index < -0.39 is 5.54 Å². The molecule has 0 spiro atoms.